The Morgan fingerprint density at radius 3 is 0.790 bits per heavy atom. The first-order valence-electron chi connectivity index (χ1n) is 29.9. The van der Waals surface area contributed by atoms with Crippen LogP contribution in [0.3, 0.4) is 0 Å². The molecule has 0 saturated carbocycles. The summed E-state index contributed by atoms with van der Waals surface area (Å²) in [5.74, 6) is 0. The number of aryl methyl sites for hydroxylation is 6. The van der Waals surface area contributed by atoms with Crippen LogP contribution in [0, 0.1) is 104 Å². The Kier molecular flexibility index (Phi) is 15.5. The second kappa shape index (κ2) is 21.4. The number of hydrogen-bond acceptors (Lipinski definition) is 0. The molecule has 9 aromatic rings. The van der Waals surface area contributed by atoms with Crippen LogP contribution in [0.15, 0.2) is 140 Å². The highest BCUT2D eigenvalue weighted by Gasteiger charge is 2.40. The van der Waals surface area contributed by atoms with E-state index in [0.717, 1.165) is 0 Å². The summed E-state index contributed by atoms with van der Waals surface area (Å²) in [7, 11) is 0. The number of rotatable bonds is 0. The Bertz CT molecular complexity index is 3710. The van der Waals surface area contributed by atoms with Crippen LogP contribution in [-0.4, -0.2) is 0 Å². The number of benzene rings is 9. The van der Waals surface area contributed by atoms with E-state index in [9.17, 15) is 0 Å². The molecule has 0 heteroatoms. The third-order valence-corrected chi connectivity index (χ3v) is 20.6. The first kappa shape index (κ1) is 58.6. The molecule has 4 aliphatic carbocycles. The maximum Gasteiger partial charge on any atom is 0.0161 e. The van der Waals surface area contributed by atoms with Crippen molar-refractivity contribution < 1.29 is 0 Å². The van der Waals surface area contributed by atoms with Crippen molar-refractivity contribution in [2.75, 3.05) is 0 Å². The largest absolute Gasteiger partial charge is 0.0619 e. The predicted molar refractivity (Wildman–Crippen MR) is 354 cm³/mol. The maximum absolute atomic E-state index is 2.39. The van der Waals surface area contributed by atoms with Gasteiger partial charge in [0.1, 0.15) is 0 Å². The first-order valence-corrected chi connectivity index (χ1v) is 29.9. The second-order valence-electron chi connectivity index (χ2n) is 26.7. The summed E-state index contributed by atoms with van der Waals surface area (Å²) in [6.45, 7) is 52.1. The minimum absolute atomic E-state index is 0.133. The molecule has 0 fully saturated rings. The topological polar surface area (TPSA) is 0 Å². The molecule has 4 aliphatic rings. The second-order valence-corrected chi connectivity index (χ2v) is 26.7. The summed E-state index contributed by atoms with van der Waals surface area (Å²) in [5.41, 5.74) is 45.3. The van der Waals surface area contributed by atoms with E-state index < -0.39 is 0 Å². The fraction of sp³-hybridized carbons (Fsp3) is 0.333. The van der Waals surface area contributed by atoms with Gasteiger partial charge in [-0.25, -0.2) is 0 Å². The van der Waals surface area contributed by atoms with Crippen molar-refractivity contribution in [3.63, 3.8) is 0 Å². The van der Waals surface area contributed by atoms with Gasteiger partial charge in [0.2, 0.25) is 0 Å². The zero-order valence-electron chi connectivity index (χ0n) is 53.8. The van der Waals surface area contributed by atoms with Gasteiger partial charge in [0, 0.05) is 21.7 Å². The van der Waals surface area contributed by atoms with E-state index in [-0.39, 0.29) is 21.7 Å². The molecule has 81 heavy (non-hydrogen) atoms. The Morgan fingerprint density at radius 1 is 0.198 bits per heavy atom. The molecule has 0 N–H and O–H groups in total. The zero-order chi connectivity index (χ0) is 59.2. The van der Waals surface area contributed by atoms with Crippen LogP contribution in [0.1, 0.15) is 183 Å². The lowest BCUT2D eigenvalue weighted by Gasteiger charge is -2.24. The Morgan fingerprint density at radius 2 is 0.469 bits per heavy atom. The molecule has 9 aromatic carbocycles. The summed E-state index contributed by atoms with van der Waals surface area (Å²) >= 11 is 0. The average Bonchev–Trinajstić information content (AvgIpc) is 2.60. The maximum atomic E-state index is 2.39. The lowest BCUT2D eigenvalue weighted by Crippen LogP contribution is -2.17. The number of hydrogen-bond donors (Lipinski definition) is 0. The van der Waals surface area contributed by atoms with Crippen LogP contribution in [0.25, 0.3) is 44.5 Å². The Balaban J connectivity index is 0.000000124. The van der Waals surface area contributed by atoms with Crippen LogP contribution in [0.5, 0.6) is 0 Å². The van der Waals surface area contributed by atoms with Crippen molar-refractivity contribution in [3.05, 3.63) is 267 Å². The van der Waals surface area contributed by atoms with Gasteiger partial charge in [0.05, 0.1) is 0 Å². The van der Waals surface area contributed by atoms with Gasteiger partial charge >= 0.3 is 0 Å². The van der Waals surface area contributed by atoms with Crippen LogP contribution >= 0.6 is 0 Å². The van der Waals surface area contributed by atoms with E-state index >= 15 is 0 Å². The Labute approximate surface area is 490 Å². The van der Waals surface area contributed by atoms with E-state index in [1.54, 1.807) is 0 Å². The van der Waals surface area contributed by atoms with E-state index in [0.29, 0.717) is 0 Å². The molecule has 0 aromatic heterocycles. The van der Waals surface area contributed by atoms with Gasteiger partial charge in [0.25, 0.3) is 0 Å². The van der Waals surface area contributed by atoms with Gasteiger partial charge in [-0.2, -0.15) is 0 Å². The normalized spacial score (nSPS) is 14.8. The van der Waals surface area contributed by atoms with E-state index in [4.69, 9.17) is 0 Å². The van der Waals surface area contributed by atoms with Crippen molar-refractivity contribution >= 4 is 0 Å². The SMILES string of the molecule is Cc1cc2c(c(C)c1C)-c1ccccc1C2(C)C.Cc1cc2c(c(C)c1C)-c1ccccc1C2(C)C.Cc1cc2c(c(C)c1C)C(C)(C)c1ccccc1-2.Cc1cc2c(c(C)c1C)C(C)(C)c1ccccc1-2.Cc1cccc(C)c1C. The molecular weight excluding hydrogens is 973 g/mol. The fourth-order valence-electron chi connectivity index (χ4n) is 14.5. The van der Waals surface area contributed by atoms with Gasteiger partial charge < -0.3 is 0 Å². The lowest BCUT2D eigenvalue weighted by molar-refractivity contribution is 0.654. The van der Waals surface area contributed by atoms with Gasteiger partial charge in [-0.05, 0) is 276 Å². The molecule has 0 bridgehead atoms. The predicted octanol–water partition coefficient (Wildman–Crippen LogP) is 22.3. The molecule has 0 aliphatic heterocycles. The van der Waals surface area contributed by atoms with Crippen LogP contribution in [-0.2, 0) is 21.7 Å². The molecule has 0 atom stereocenters. The van der Waals surface area contributed by atoms with E-state index in [1.807, 2.05) is 0 Å². The quantitative estimate of drug-likeness (QED) is 0.142. The van der Waals surface area contributed by atoms with Gasteiger partial charge in [-0.3, -0.25) is 0 Å². The van der Waals surface area contributed by atoms with Crippen molar-refractivity contribution in [2.45, 2.75) is 181 Å². The molecular formula is C81H92. The zero-order valence-corrected chi connectivity index (χ0v) is 53.8. The highest BCUT2D eigenvalue weighted by molar-refractivity contribution is 5.87. The third-order valence-electron chi connectivity index (χ3n) is 20.6. The molecule has 0 heterocycles. The summed E-state index contributed by atoms with van der Waals surface area (Å²) < 4.78 is 0. The first-order chi connectivity index (χ1) is 38.0. The minimum Gasteiger partial charge on any atom is -0.0619 e. The van der Waals surface area contributed by atoms with E-state index in [1.165, 1.54) is 172 Å². The minimum atomic E-state index is 0.133. The summed E-state index contributed by atoms with van der Waals surface area (Å²) in [5, 5.41) is 0. The van der Waals surface area contributed by atoms with Crippen LogP contribution < -0.4 is 0 Å². The molecule has 0 saturated heterocycles. The summed E-state index contributed by atoms with van der Waals surface area (Å²) in [6.07, 6.45) is 0. The molecule has 0 amide bonds. The van der Waals surface area contributed by atoms with Crippen LogP contribution in [0.2, 0.25) is 0 Å². The van der Waals surface area contributed by atoms with Crippen molar-refractivity contribution in [2.24, 2.45) is 0 Å². The van der Waals surface area contributed by atoms with Crippen molar-refractivity contribution in [1.82, 2.24) is 0 Å². The van der Waals surface area contributed by atoms with Crippen LogP contribution in [0.4, 0.5) is 0 Å². The summed E-state index contributed by atoms with van der Waals surface area (Å²) in [4.78, 5) is 0. The summed E-state index contributed by atoms with van der Waals surface area (Å²) in [6, 6.07) is 51.3. The highest BCUT2D eigenvalue weighted by atomic mass is 14.4. The van der Waals surface area contributed by atoms with Gasteiger partial charge in [-0.1, -0.05) is 195 Å². The average molecular weight is 1070 g/mol. The molecule has 0 spiro atoms. The monoisotopic (exact) mass is 1060 g/mol. The lowest BCUT2D eigenvalue weighted by atomic mass is 9.79. The molecule has 0 nitrogen and oxygen atoms in total. The molecule has 416 valence electrons. The number of fused-ring (bicyclic) bond motifs is 12. The fourth-order valence-corrected chi connectivity index (χ4v) is 14.5. The van der Waals surface area contributed by atoms with E-state index in [2.05, 4.69) is 299 Å². The van der Waals surface area contributed by atoms with Gasteiger partial charge in [-0.15, -0.1) is 0 Å². The molecule has 0 unspecified atom stereocenters. The molecule has 13 rings (SSSR count). The third kappa shape index (κ3) is 9.67. The highest BCUT2D eigenvalue weighted by Crippen LogP contribution is 2.54. The molecule has 0 radical (unpaired) electrons. The Hall–Kier alpha value is -7.02. The smallest absolute Gasteiger partial charge is 0.0161 e. The van der Waals surface area contributed by atoms with Crippen molar-refractivity contribution in [3.8, 4) is 44.5 Å². The standard InChI is InChI=1S/4C18H20.C9H12/c2*1-11-10-15-14-8-6-7-9-16(14)18(4,5)17(15)13(3)12(11)2;2*1-11-10-16-17(13(3)12(11)2)14-8-6-7-9-15(14)18(16,4)5;1-7-5-4-6-8(2)9(7)3/h4*6-10H,1-5H3;4-6H,1-3H3. The van der Waals surface area contributed by atoms with Gasteiger partial charge in [0.15, 0.2) is 0 Å². The van der Waals surface area contributed by atoms with Crippen molar-refractivity contribution in [1.29, 1.82) is 0 Å².